The molecule has 0 bridgehead atoms. The fourth-order valence-electron chi connectivity index (χ4n) is 2.85. The van der Waals surface area contributed by atoms with E-state index in [-0.39, 0.29) is 17.5 Å². The van der Waals surface area contributed by atoms with E-state index >= 15 is 0 Å². The first-order valence-electron chi connectivity index (χ1n) is 9.07. The summed E-state index contributed by atoms with van der Waals surface area (Å²) in [6.07, 6.45) is 1.98. The van der Waals surface area contributed by atoms with E-state index < -0.39 is 0 Å². The molecule has 1 aromatic heterocycles. The maximum atomic E-state index is 13.0. The minimum absolute atomic E-state index is 0.175. The molecule has 0 saturated carbocycles. The number of carbonyl (C=O) groups excluding carboxylic acids is 1. The van der Waals surface area contributed by atoms with Crippen molar-refractivity contribution in [3.8, 4) is 16.9 Å². The number of benzene rings is 3. The largest absolute Gasteiger partial charge is 0.325 e. The highest BCUT2D eigenvalue weighted by atomic mass is 32.2. The Morgan fingerprint density at radius 3 is 2.28 bits per heavy atom. The molecule has 3 aromatic carbocycles. The van der Waals surface area contributed by atoms with Crippen molar-refractivity contribution in [2.45, 2.75) is 5.16 Å². The van der Waals surface area contributed by atoms with Gasteiger partial charge in [0.05, 0.1) is 11.4 Å². The fourth-order valence-corrected chi connectivity index (χ4v) is 3.64. The molecule has 0 fully saturated rings. The number of rotatable bonds is 6. The Kier molecular flexibility index (Phi) is 5.72. The van der Waals surface area contributed by atoms with Gasteiger partial charge in [0, 0.05) is 23.1 Å². The summed E-state index contributed by atoms with van der Waals surface area (Å²) in [5, 5.41) is 3.50. The molecule has 0 aliphatic carbocycles. The van der Waals surface area contributed by atoms with Crippen molar-refractivity contribution in [2.75, 3.05) is 11.1 Å². The monoisotopic (exact) mass is 403 g/mol. The number of halogens is 1. The summed E-state index contributed by atoms with van der Waals surface area (Å²) in [5.41, 5.74) is 3.40. The molecule has 1 amide bonds. The summed E-state index contributed by atoms with van der Waals surface area (Å²) in [4.78, 5) is 17.1. The summed E-state index contributed by atoms with van der Waals surface area (Å²) in [7, 11) is 0. The Labute approximate surface area is 172 Å². The maximum Gasteiger partial charge on any atom is 0.234 e. The third-order valence-electron chi connectivity index (χ3n) is 4.24. The molecule has 0 aliphatic rings. The lowest BCUT2D eigenvalue weighted by Gasteiger charge is -2.08. The van der Waals surface area contributed by atoms with Crippen LogP contribution in [0.3, 0.4) is 0 Å². The van der Waals surface area contributed by atoms with E-state index in [1.54, 1.807) is 0 Å². The van der Waals surface area contributed by atoms with Crippen LogP contribution in [0.4, 0.5) is 10.1 Å². The minimum atomic E-state index is -0.337. The number of imidazole rings is 1. The Balaban J connectivity index is 1.54. The van der Waals surface area contributed by atoms with Crippen LogP contribution in [0.5, 0.6) is 0 Å². The first-order chi connectivity index (χ1) is 14.2. The van der Waals surface area contributed by atoms with Crippen LogP contribution in [-0.4, -0.2) is 21.2 Å². The molecule has 4 rings (SSSR count). The van der Waals surface area contributed by atoms with Gasteiger partial charge in [-0.2, -0.15) is 0 Å². The van der Waals surface area contributed by atoms with E-state index in [9.17, 15) is 9.18 Å². The second kappa shape index (κ2) is 8.75. The predicted molar refractivity (Wildman–Crippen MR) is 115 cm³/mol. The van der Waals surface area contributed by atoms with Crippen molar-refractivity contribution in [3.63, 3.8) is 0 Å². The van der Waals surface area contributed by atoms with Crippen LogP contribution in [0, 0.1) is 5.82 Å². The normalized spacial score (nSPS) is 10.7. The van der Waals surface area contributed by atoms with E-state index in [0.29, 0.717) is 5.69 Å². The molecule has 1 heterocycles. The van der Waals surface area contributed by atoms with E-state index in [0.717, 1.165) is 22.1 Å². The predicted octanol–water partition coefficient (Wildman–Crippen LogP) is 5.41. The average molecular weight is 403 g/mol. The van der Waals surface area contributed by atoms with E-state index in [2.05, 4.69) is 5.32 Å². The van der Waals surface area contributed by atoms with Crippen molar-refractivity contribution in [1.82, 2.24) is 9.55 Å². The number of carbonyl (C=O) groups is 1. The Morgan fingerprint density at radius 1 is 0.931 bits per heavy atom. The molecule has 0 spiro atoms. The average Bonchev–Trinajstić information content (AvgIpc) is 3.20. The van der Waals surface area contributed by atoms with Crippen molar-refractivity contribution < 1.29 is 9.18 Å². The Morgan fingerprint density at radius 2 is 1.59 bits per heavy atom. The number of nitrogens with one attached hydrogen (secondary N) is 1. The van der Waals surface area contributed by atoms with Crippen molar-refractivity contribution >= 4 is 23.4 Å². The van der Waals surface area contributed by atoms with Gasteiger partial charge in [-0.05, 0) is 36.4 Å². The third kappa shape index (κ3) is 4.73. The SMILES string of the molecule is O=C(CSc1nc(-c2ccccc2)cn1-c1ccccc1)Nc1ccc(F)cc1. The highest BCUT2D eigenvalue weighted by molar-refractivity contribution is 7.99. The fraction of sp³-hybridized carbons (Fsp3) is 0.0435. The lowest BCUT2D eigenvalue weighted by atomic mass is 10.2. The van der Waals surface area contributed by atoms with E-state index in [1.165, 1.54) is 36.0 Å². The number of aromatic nitrogens is 2. The summed E-state index contributed by atoms with van der Waals surface area (Å²) in [6, 6.07) is 25.5. The van der Waals surface area contributed by atoms with E-state index in [4.69, 9.17) is 4.98 Å². The molecular weight excluding hydrogens is 385 g/mol. The molecule has 0 atom stereocenters. The minimum Gasteiger partial charge on any atom is -0.325 e. The standard InChI is InChI=1S/C23H18FN3OS/c24-18-11-13-19(14-12-18)25-22(28)16-29-23-26-21(17-7-3-1-4-8-17)15-27(23)20-9-5-2-6-10-20/h1-15H,16H2,(H,25,28). The second-order valence-corrected chi connectivity index (χ2v) is 7.27. The lowest BCUT2D eigenvalue weighted by Crippen LogP contribution is -2.14. The van der Waals surface area contributed by atoms with Gasteiger partial charge in [-0.1, -0.05) is 60.3 Å². The van der Waals surface area contributed by atoms with Gasteiger partial charge in [0.25, 0.3) is 0 Å². The van der Waals surface area contributed by atoms with Crippen LogP contribution in [0.1, 0.15) is 0 Å². The third-order valence-corrected chi connectivity index (χ3v) is 5.19. The summed E-state index contributed by atoms with van der Waals surface area (Å²) >= 11 is 1.35. The van der Waals surface area contributed by atoms with Crippen LogP contribution < -0.4 is 5.32 Å². The van der Waals surface area contributed by atoms with E-state index in [1.807, 2.05) is 71.4 Å². The lowest BCUT2D eigenvalue weighted by molar-refractivity contribution is -0.113. The molecule has 0 unspecified atom stereocenters. The van der Waals surface area contributed by atoms with Gasteiger partial charge >= 0.3 is 0 Å². The number of nitrogens with zero attached hydrogens (tertiary/aromatic N) is 2. The van der Waals surface area contributed by atoms with Gasteiger partial charge in [0.2, 0.25) is 5.91 Å². The molecule has 0 saturated heterocycles. The van der Waals surface area contributed by atoms with Crippen LogP contribution in [0.15, 0.2) is 96.3 Å². The first kappa shape index (κ1) is 19.0. The zero-order valence-corrected chi connectivity index (χ0v) is 16.3. The zero-order valence-electron chi connectivity index (χ0n) is 15.5. The number of hydrogen-bond acceptors (Lipinski definition) is 3. The second-order valence-electron chi connectivity index (χ2n) is 6.32. The van der Waals surface area contributed by atoms with Gasteiger partial charge in [0.1, 0.15) is 5.82 Å². The number of para-hydroxylation sites is 1. The van der Waals surface area contributed by atoms with Gasteiger partial charge in [0.15, 0.2) is 5.16 Å². The highest BCUT2D eigenvalue weighted by Gasteiger charge is 2.13. The number of amides is 1. The number of anilines is 1. The Bertz CT molecular complexity index is 1100. The quantitative estimate of drug-likeness (QED) is 0.438. The van der Waals surface area contributed by atoms with Gasteiger partial charge in [-0.3, -0.25) is 9.36 Å². The van der Waals surface area contributed by atoms with Crippen molar-refractivity contribution in [2.24, 2.45) is 0 Å². The number of hydrogen-bond donors (Lipinski definition) is 1. The molecule has 4 nitrogen and oxygen atoms in total. The smallest absolute Gasteiger partial charge is 0.234 e. The molecule has 29 heavy (non-hydrogen) atoms. The molecule has 6 heteroatoms. The molecular formula is C23H18FN3OS. The highest BCUT2D eigenvalue weighted by Crippen LogP contribution is 2.27. The topological polar surface area (TPSA) is 46.9 Å². The summed E-state index contributed by atoms with van der Waals surface area (Å²) in [6.45, 7) is 0. The molecule has 0 aliphatic heterocycles. The van der Waals surface area contributed by atoms with Gasteiger partial charge < -0.3 is 5.32 Å². The van der Waals surface area contributed by atoms with Crippen LogP contribution in [0.25, 0.3) is 16.9 Å². The van der Waals surface area contributed by atoms with Crippen molar-refractivity contribution in [1.29, 1.82) is 0 Å². The van der Waals surface area contributed by atoms with Gasteiger partial charge in [-0.25, -0.2) is 9.37 Å². The summed E-state index contributed by atoms with van der Waals surface area (Å²) in [5.74, 6) is -0.323. The van der Waals surface area contributed by atoms with Crippen LogP contribution in [-0.2, 0) is 4.79 Å². The van der Waals surface area contributed by atoms with Gasteiger partial charge in [-0.15, -0.1) is 0 Å². The molecule has 144 valence electrons. The number of thioether (sulfide) groups is 1. The Hall–Kier alpha value is -3.38. The first-order valence-corrected chi connectivity index (χ1v) is 10.1. The summed E-state index contributed by atoms with van der Waals surface area (Å²) < 4.78 is 15.0. The maximum absolute atomic E-state index is 13.0. The molecule has 4 aromatic rings. The van der Waals surface area contributed by atoms with Crippen LogP contribution in [0.2, 0.25) is 0 Å². The molecule has 1 N–H and O–H groups in total. The van der Waals surface area contributed by atoms with Crippen LogP contribution >= 0.6 is 11.8 Å². The zero-order chi connectivity index (χ0) is 20.1. The molecule has 0 radical (unpaired) electrons. The van der Waals surface area contributed by atoms with Crippen molar-refractivity contribution in [3.05, 3.63) is 96.9 Å².